The van der Waals surface area contributed by atoms with Crippen molar-refractivity contribution in [3.63, 3.8) is 0 Å². The van der Waals surface area contributed by atoms with E-state index in [2.05, 4.69) is 53.4 Å². The van der Waals surface area contributed by atoms with E-state index in [4.69, 9.17) is 4.74 Å². The zero-order chi connectivity index (χ0) is 17.7. The number of nitrogens with one attached hydrogen (secondary N) is 2. The topological polar surface area (TPSA) is 76.4 Å². The number of fused-ring (bicyclic) bond motifs is 1. The van der Waals surface area contributed by atoms with E-state index < -0.39 is 0 Å². The quantitative estimate of drug-likeness (QED) is 0.396. The Labute approximate surface area is 168 Å². The summed E-state index contributed by atoms with van der Waals surface area (Å²) in [5.74, 6) is 2.84. The maximum absolute atomic E-state index is 5.59. The van der Waals surface area contributed by atoms with E-state index >= 15 is 0 Å². The van der Waals surface area contributed by atoms with Crippen LogP contribution >= 0.6 is 24.0 Å². The van der Waals surface area contributed by atoms with Crippen molar-refractivity contribution in [1.82, 2.24) is 25.4 Å². The lowest BCUT2D eigenvalue weighted by Crippen LogP contribution is -2.50. The van der Waals surface area contributed by atoms with Gasteiger partial charge in [-0.2, -0.15) is 5.10 Å². The summed E-state index contributed by atoms with van der Waals surface area (Å²) >= 11 is 0. The van der Waals surface area contributed by atoms with Crippen molar-refractivity contribution in [2.24, 2.45) is 10.4 Å². The minimum atomic E-state index is 0. The van der Waals surface area contributed by atoms with Crippen molar-refractivity contribution < 1.29 is 4.74 Å². The van der Waals surface area contributed by atoms with E-state index in [0.29, 0.717) is 6.04 Å². The molecule has 2 N–H and O–H groups in total. The van der Waals surface area contributed by atoms with E-state index in [9.17, 15) is 0 Å². The van der Waals surface area contributed by atoms with Gasteiger partial charge in [0.25, 0.3) is 0 Å². The first-order valence-electron chi connectivity index (χ1n) is 8.80. The largest absolute Gasteiger partial charge is 0.379 e. The number of ether oxygens (including phenoxy) is 1. The number of aliphatic imine (C=N–C) groups is 1. The van der Waals surface area contributed by atoms with Crippen LogP contribution in [0.25, 0.3) is 0 Å². The van der Waals surface area contributed by atoms with Crippen LogP contribution in [0, 0.1) is 5.41 Å². The average Bonchev–Trinajstić information content (AvgIpc) is 2.95. The maximum atomic E-state index is 5.59. The van der Waals surface area contributed by atoms with Gasteiger partial charge in [0.1, 0.15) is 5.82 Å². The van der Waals surface area contributed by atoms with Gasteiger partial charge >= 0.3 is 0 Å². The first kappa shape index (κ1) is 22.1. The zero-order valence-electron chi connectivity index (χ0n) is 16.3. The summed E-state index contributed by atoms with van der Waals surface area (Å²) in [5.41, 5.74) is 0.0810. The zero-order valence-corrected chi connectivity index (χ0v) is 18.6. The summed E-state index contributed by atoms with van der Waals surface area (Å²) in [7, 11) is 3.56. The van der Waals surface area contributed by atoms with Gasteiger partial charge < -0.3 is 15.4 Å². The Morgan fingerprint density at radius 3 is 2.72 bits per heavy atom. The number of aromatic nitrogens is 3. The van der Waals surface area contributed by atoms with Gasteiger partial charge in [0.2, 0.25) is 0 Å². The third-order valence-corrected chi connectivity index (χ3v) is 4.49. The molecule has 0 saturated carbocycles. The van der Waals surface area contributed by atoms with Crippen molar-refractivity contribution >= 4 is 29.9 Å². The highest BCUT2D eigenvalue weighted by Gasteiger charge is 2.25. The molecular formula is C17H33IN6O. The Morgan fingerprint density at radius 2 is 2.16 bits per heavy atom. The van der Waals surface area contributed by atoms with Crippen LogP contribution in [0.5, 0.6) is 0 Å². The predicted octanol–water partition coefficient (Wildman–Crippen LogP) is 2.00. The molecule has 1 aromatic rings. The summed E-state index contributed by atoms with van der Waals surface area (Å²) in [6, 6.07) is 0.311. The van der Waals surface area contributed by atoms with E-state index in [1.54, 1.807) is 14.2 Å². The molecule has 7 nitrogen and oxygen atoms in total. The summed E-state index contributed by atoms with van der Waals surface area (Å²) in [4.78, 5) is 8.90. The minimum Gasteiger partial charge on any atom is -0.379 e. The number of hydrogen-bond donors (Lipinski definition) is 2. The Bertz CT molecular complexity index is 566. The number of aryl methyl sites for hydroxylation is 2. The lowest BCUT2D eigenvalue weighted by atomic mass is 9.89. The Morgan fingerprint density at radius 1 is 1.44 bits per heavy atom. The molecule has 0 spiro atoms. The molecule has 25 heavy (non-hydrogen) atoms. The first-order chi connectivity index (χ1) is 11.4. The van der Waals surface area contributed by atoms with Crippen molar-refractivity contribution in [2.75, 3.05) is 20.7 Å². The monoisotopic (exact) mass is 464 g/mol. The molecule has 2 unspecified atom stereocenters. The normalized spacial score (nSPS) is 19.0. The van der Waals surface area contributed by atoms with Gasteiger partial charge in [0, 0.05) is 39.6 Å². The fourth-order valence-electron chi connectivity index (χ4n) is 2.95. The molecule has 0 saturated heterocycles. The summed E-state index contributed by atoms with van der Waals surface area (Å²) in [5, 5.41) is 11.4. The summed E-state index contributed by atoms with van der Waals surface area (Å²) in [6.07, 6.45) is 2.99. The van der Waals surface area contributed by atoms with Gasteiger partial charge in [-0.3, -0.25) is 4.99 Å². The summed E-state index contributed by atoms with van der Waals surface area (Å²) in [6.45, 7) is 10.2. The van der Waals surface area contributed by atoms with Crippen molar-refractivity contribution in [1.29, 1.82) is 0 Å². The van der Waals surface area contributed by atoms with Gasteiger partial charge in [-0.25, -0.2) is 9.67 Å². The van der Waals surface area contributed by atoms with Gasteiger partial charge in [-0.1, -0.05) is 27.7 Å². The molecule has 0 aliphatic carbocycles. The van der Waals surface area contributed by atoms with Gasteiger partial charge in [0.05, 0.1) is 12.6 Å². The van der Waals surface area contributed by atoms with E-state index in [1.165, 1.54) is 0 Å². The second-order valence-corrected chi connectivity index (χ2v) is 7.40. The molecule has 144 valence electrons. The molecule has 0 fully saturated rings. The number of hydrogen-bond acceptors (Lipinski definition) is 4. The SMILES string of the molecule is CCc1nc2n(n1)CC(NC(=NC)NCC(OC)C(C)(C)C)CC2.I. The molecule has 1 aromatic heterocycles. The number of guanidine groups is 1. The summed E-state index contributed by atoms with van der Waals surface area (Å²) < 4.78 is 7.62. The fraction of sp³-hybridized carbons (Fsp3) is 0.824. The van der Waals surface area contributed by atoms with Crippen LogP contribution in [-0.4, -0.2) is 53.6 Å². The van der Waals surface area contributed by atoms with Crippen LogP contribution in [-0.2, 0) is 24.1 Å². The number of rotatable bonds is 5. The smallest absolute Gasteiger partial charge is 0.191 e. The molecule has 0 bridgehead atoms. The second kappa shape index (κ2) is 9.70. The van der Waals surface area contributed by atoms with Gasteiger partial charge in [-0.15, -0.1) is 24.0 Å². The lowest BCUT2D eigenvalue weighted by Gasteiger charge is -2.31. The number of methoxy groups -OCH3 is 1. The van der Waals surface area contributed by atoms with E-state index in [-0.39, 0.29) is 35.5 Å². The molecule has 2 rings (SSSR count). The molecule has 0 aromatic carbocycles. The highest BCUT2D eigenvalue weighted by molar-refractivity contribution is 14.0. The van der Waals surface area contributed by atoms with Crippen LogP contribution < -0.4 is 10.6 Å². The van der Waals surface area contributed by atoms with Crippen molar-refractivity contribution in [3.05, 3.63) is 11.6 Å². The maximum Gasteiger partial charge on any atom is 0.191 e. The average molecular weight is 464 g/mol. The van der Waals surface area contributed by atoms with Crippen molar-refractivity contribution in [2.45, 2.75) is 65.6 Å². The molecule has 2 atom stereocenters. The van der Waals surface area contributed by atoms with Crippen LogP contribution in [0.1, 0.15) is 45.8 Å². The minimum absolute atomic E-state index is 0. The fourth-order valence-corrected chi connectivity index (χ4v) is 2.95. The Balaban J connectivity index is 0.00000312. The second-order valence-electron chi connectivity index (χ2n) is 7.40. The number of halogens is 1. The molecule has 1 aliphatic rings. The molecular weight excluding hydrogens is 431 g/mol. The molecule has 2 heterocycles. The third kappa shape index (κ3) is 6.09. The van der Waals surface area contributed by atoms with Crippen LogP contribution in [0.2, 0.25) is 0 Å². The van der Waals surface area contributed by atoms with Crippen molar-refractivity contribution in [3.8, 4) is 0 Å². The predicted molar refractivity (Wildman–Crippen MR) is 112 cm³/mol. The van der Waals surface area contributed by atoms with Crippen LogP contribution in [0.3, 0.4) is 0 Å². The first-order valence-corrected chi connectivity index (χ1v) is 8.80. The van der Waals surface area contributed by atoms with Crippen LogP contribution in [0.4, 0.5) is 0 Å². The Kier molecular flexibility index (Phi) is 8.59. The van der Waals surface area contributed by atoms with E-state index in [1.807, 2.05) is 4.68 Å². The highest BCUT2D eigenvalue weighted by Crippen LogP contribution is 2.21. The number of nitrogens with zero attached hydrogens (tertiary/aromatic N) is 4. The molecule has 0 radical (unpaired) electrons. The van der Waals surface area contributed by atoms with Gasteiger partial charge in [-0.05, 0) is 11.8 Å². The molecule has 0 amide bonds. The third-order valence-electron chi connectivity index (χ3n) is 4.49. The standard InChI is InChI=1S/C17H32N6O.HI/c1-7-14-21-15-9-8-12(11-23(15)22-14)20-16(18-5)19-10-13(24-6)17(2,3)4;/h12-13H,7-11H2,1-6H3,(H2,18,19,20);1H. The lowest BCUT2D eigenvalue weighted by molar-refractivity contribution is 0.0205. The van der Waals surface area contributed by atoms with Gasteiger partial charge in [0.15, 0.2) is 11.8 Å². The van der Waals surface area contributed by atoms with E-state index in [0.717, 1.165) is 50.0 Å². The van der Waals surface area contributed by atoms with Crippen LogP contribution in [0.15, 0.2) is 4.99 Å². The Hall–Kier alpha value is -0.900. The highest BCUT2D eigenvalue weighted by atomic mass is 127. The molecule has 1 aliphatic heterocycles. The molecule has 8 heteroatoms.